The van der Waals surface area contributed by atoms with E-state index in [1.807, 2.05) is 24.3 Å². The van der Waals surface area contributed by atoms with Crippen LogP contribution in [0.1, 0.15) is 18.1 Å². The molecule has 3 aromatic carbocycles. The highest BCUT2D eigenvalue weighted by Crippen LogP contribution is 2.30. The Balaban J connectivity index is 1.41. The molecule has 1 aliphatic rings. The number of hydrogen-bond donors (Lipinski definition) is 0. The van der Waals surface area contributed by atoms with Crippen LogP contribution in [0, 0.1) is 17.5 Å². The fourth-order valence-corrected chi connectivity index (χ4v) is 4.04. The third kappa shape index (κ3) is 5.99. The molecule has 1 heterocycles. The fraction of sp³-hybridized carbons (Fsp3) is 0.308. The van der Waals surface area contributed by atoms with Crippen molar-refractivity contribution in [2.75, 3.05) is 44.7 Å². The molecule has 0 aliphatic carbocycles. The van der Waals surface area contributed by atoms with Crippen LogP contribution in [0.25, 0.3) is 0 Å². The third-order valence-electron chi connectivity index (χ3n) is 5.90. The van der Waals surface area contributed by atoms with Gasteiger partial charge in [0.2, 0.25) is 0 Å². The second-order valence-electron chi connectivity index (χ2n) is 8.05. The highest BCUT2D eigenvalue weighted by molar-refractivity contribution is 5.46. The molecule has 4 rings (SSSR count). The summed E-state index contributed by atoms with van der Waals surface area (Å²) in [6, 6.07) is 17.4. The van der Waals surface area contributed by atoms with E-state index in [1.165, 1.54) is 24.3 Å². The highest BCUT2D eigenvalue weighted by atomic mass is 19.1. The Morgan fingerprint density at radius 2 is 1.58 bits per heavy atom. The van der Waals surface area contributed by atoms with Crippen LogP contribution in [0.2, 0.25) is 0 Å². The topological polar surface area (TPSA) is 24.9 Å². The summed E-state index contributed by atoms with van der Waals surface area (Å²) in [5.74, 6) is -0.898. The number of ether oxygens (including phenoxy) is 2. The fourth-order valence-electron chi connectivity index (χ4n) is 4.04. The second kappa shape index (κ2) is 10.6. The predicted molar refractivity (Wildman–Crippen MR) is 122 cm³/mol. The van der Waals surface area contributed by atoms with Crippen molar-refractivity contribution in [3.05, 3.63) is 89.7 Å². The van der Waals surface area contributed by atoms with Gasteiger partial charge in [-0.05, 0) is 54.1 Å². The molecule has 1 fully saturated rings. The zero-order valence-corrected chi connectivity index (χ0v) is 18.5. The standard InChI is InChI=1S/C26H27F3N2O2/c1-32-23-4-2-3-19(17-23)25(33-26-10-7-21(28)18-24(26)29)11-12-30-13-15-31(16-14-30)22-8-5-20(27)6-9-22/h2-10,17-18,25H,11-16H2,1H3. The Morgan fingerprint density at radius 3 is 2.27 bits per heavy atom. The maximum atomic E-state index is 14.3. The molecule has 0 bridgehead atoms. The SMILES string of the molecule is COc1cccc(C(CCN2CCN(c3ccc(F)cc3)CC2)Oc2ccc(F)cc2F)c1. The number of anilines is 1. The average molecular weight is 457 g/mol. The first-order chi connectivity index (χ1) is 16.0. The molecule has 0 N–H and O–H groups in total. The molecule has 1 saturated heterocycles. The molecule has 4 nitrogen and oxygen atoms in total. The summed E-state index contributed by atoms with van der Waals surface area (Å²) in [6.45, 7) is 4.13. The molecule has 174 valence electrons. The van der Waals surface area contributed by atoms with Gasteiger partial charge in [-0.15, -0.1) is 0 Å². The molecule has 7 heteroatoms. The van der Waals surface area contributed by atoms with Crippen molar-refractivity contribution in [2.45, 2.75) is 12.5 Å². The van der Waals surface area contributed by atoms with Crippen molar-refractivity contribution in [3.8, 4) is 11.5 Å². The molecule has 0 amide bonds. The van der Waals surface area contributed by atoms with Gasteiger partial charge in [-0.25, -0.2) is 13.2 Å². The van der Waals surface area contributed by atoms with Crippen LogP contribution in [0.3, 0.4) is 0 Å². The van der Waals surface area contributed by atoms with Crippen molar-refractivity contribution < 1.29 is 22.6 Å². The monoisotopic (exact) mass is 456 g/mol. The highest BCUT2D eigenvalue weighted by Gasteiger charge is 2.21. The van der Waals surface area contributed by atoms with E-state index in [9.17, 15) is 13.2 Å². The van der Waals surface area contributed by atoms with E-state index < -0.39 is 17.7 Å². The van der Waals surface area contributed by atoms with Gasteiger partial charge in [-0.1, -0.05) is 12.1 Å². The van der Waals surface area contributed by atoms with Gasteiger partial charge in [0, 0.05) is 50.9 Å². The summed E-state index contributed by atoms with van der Waals surface area (Å²) in [7, 11) is 1.59. The van der Waals surface area contributed by atoms with Gasteiger partial charge in [-0.2, -0.15) is 0 Å². The number of piperazine rings is 1. The first-order valence-corrected chi connectivity index (χ1v) is 11.0. The zero-order chi connectivity index (χ0) is 23.2. The molecular formula is C26H27F3N2O2. The zero-order valence-electron chi connectivity index (χ0n) is 18.5. The minimum absolute atomic E-state index is 0.0188. The number of hydrogen-bond acceptors (Lipinski definition) is 4. The van der Waals surface area contributed by atoms with Crippen molar-refractivity contribution in [1.82, 2.24) is 4.90 Å². The largest absolute Gasteiger partial charge is 0.497 e. The van der Waals surface area contributed by atoms with Crippen molar-refractivity contribution in [3.63, 3.8) is 0 Å². The molecular weight excluding hydrogens is 429 g/mol. The van der Waals surface area contributed by atoms with Gasteiger partial charge in [0.1, 0.15) is 23.5 Å². The lowest BCUT2D eigenvalue weighted by molar-refractivity contribution is 0.154. The number of methoxy groups -OCH3 is 1. The summed E-state index contributed by atoms with van der Waals surface area (Å²) in [4.78, 5) is 4.57. The molecule has 33 heavy (non-hydrogen) atoms. The number of benzene rings is 3. The van der Waals surface area contributed by atoms with Crippen LogP contribution >= 0.6 is 0 Å². The lowest BCUT2D eigenvalue weighted by Gasteiger charge is -2.36. The van der Waals surface area contributed by atoms with Crippen molar-refractivity contribution in [2.24, 2.45) is 0 Å². The van der Waals surface area contributed by atoms with Crippen LogP contribution in [-0.4, -0.2) is 44.7 Å². The van der Waals surface area contributed by atoms with Gasteiger partial charge in [-0.3, -0.25) is 4.90 Å². The van der Waals surface area contributed by atoms with Gasteiger partial charge in [0.15, 0.2) is 11.6 Å². The molecule has 0 saturated carbocycles. The molecule has 0 spiro atoms. The van der Waals surface area contributed by atoms with E-state index >= 15 is 0 Å². The maximum Gasteiger partial charge on any atom is 0.168 e. The van der Waals surface area contributed by atoms with Crippen LogP contribution in [0.5, 0.6) is 11.5 Å². The normalized spacial score (nSPS) is 15.3. The molecule has 0 radical (unpaired) electrons. The minimum Gasteiger partial charge on any atom is -0.497 e. The van der Waals surface area contributed by atoms with E-state index in [0.29, 0.717) is 12.2 Å². The summed E-state index contributed by atoms with van der Waals surface area (Å²) >= 11 is 0. The van der Waals surface area contributed by atoms with Gasteiger partial charge >= 0.3 is 0 Å². The van der Waals surface area contributed by atoms with Crippen LogP contribution in [-0.2, 0) is 0 Å². The Bertz CT molecular complexity index is 1050. The summed E-state index contributed by atoms with van der Waals surface area (Å²) in [5.41, 5.74) is 1.88. The predicted octanol–water partition coefficient (Wildman–Crippen LogP) is 5.44. The Labute approximate surface area is 192 Å². The van der Waals surface area contributed by atoms with E-state index in [-0.39, 0.29) is 11.6 Å². The van der Waals surface area contributed by atoms with Crippen LogP contribution in [0.4, 0.5) is 18.9 Å². The molecule has 1 aliphatic heterocycles. The summed E-state index contributed by atoms with van der Waals surface area (Å²) in [5, 5.41) is 0. The van der Waals surface area contributed by atoms with Gasteiger partial charge in [0.05, 0.1) is 7.11 Å². The van der Waals surface area contributed by atoms with Crippen molar-refractivity contribution in [1.29, 1.82) is 0 Å². The molecule has 3 aromatic rings. The Hall–Kier alpha value is -3.19. The smallest absolute Gasteiger partial charge is 0.168 e. The first-order valence-electron chi connectivity index (χ1n) is 11.0. The number of nitrogens with zero attached hydrogens (tertiary/aromatic N) is 2. The number of rotatable bonds is 8. The van der Waals surface area contributed by atoms with Crippen molar-refractivity contribution >= 4 is 5.69 Å². The molecule has 1 unspecified atom stereocenters. The Morgan fingerprint density at radius 1 is 0.848 bits per heavy atom. The van der Waals surface area contributed by atoms with Gasteiger partial charge in [0.25, 0.3) is 0 Å². The first kappa shape index (κ1) is 23.0. The van der Waals surface area contributed by atoms with Crippen LogP contribution in [0.15, 0.2) is 66.7 Å². The van der Waals surface area contributed by atoms with E-state index in [0.717, 1.165) is 50.0 Å². The lowest BCUT2D eigenvalue weighted by atomic mass is 10.1. The quantitative estimate of drug-likeness (QED) is 0.450. The third-order valence-corrected chi connectivity index (χ3v) is 5.90. The van der Waals surface area contributed by atoms with E-state index in [1.54, 1.807) is 19.2 Å². The van der Waals surface area contributed by atoms with E-state index in [4.69, 9.17) is 9.47 Å². The van der Waals surface area contributed by atoms with Crippen LogP contribution < -0.4 is 14.4 Å². The summed E-state index contributed by atoms with van der Waals surface area (Å²) in [6.07, 6.45) is 0.204. The number of halogens is 3. The van der Waals surface area contributed by atoms with Gasteiger partial charge < -0.3 is 14.4 Å². The average Bonchev–Trinajstić information content (AvgIpc) is 2.84. The second-order valence-corrected chi connectivity index (χ2v) is 8.05. The maximum absolute atomic E-state index is 14.3. The molecule has 1 atom stereocenters. The minimum atomic E-state index is -0.726. The summed E-state index contributed by atoms with van der Waals surface area (Å²) < 4.78 is 52.1. The lowest BCUT2D eigenvalue weighted by Crippen LogP contribution is -2.46. The van der Waals surface area contributed by atoms with E-state index in [2.05, 4.69) is 9.80 Å². The molecule has 0 aromatic heterocycles. The Kier molecular flexibility index (Phi) is 7.40.